The Bertz CT molecular complexity index is 217. The predicted molar refractivity (Wildman–Crippen MR) is 69.6 cm³/mol. The zero-order valence-corrected chi connectivity index (χ0v) is 11.2. The minimum absolute atomic E-state index is 0.784. The molecule has 2 aliphatic rings. The molecule has 1 aliphatic carbocycles. The summed E-state index contributed by atoms with van der Waals surface area (Å²) in [5.41, 5.74) is 0. The number of piperidine rings is 1. The highest BCUT2D eigenvalue weighted by Gasteiger charge is 2.30. The van der Waals surface area contributed by atoms with Gasteiger partial charge in [0.2, 0.25) is 0 Å². The van der Waals surface area contributed by atoms with Crippen molar-refractivity contribution >= 4 is 0 Å². The summed E-state index contributed by atoms with van der Waals surface area (Å²) in [6.07, 6.45) is 7.05. The van der Waals surface area contributed by atoms with Gasteiger partial charge in [0.1, 0.15) is 0 Å². The van der Waals surface area contributed by atoms with Crippen LogP contribution in [0.25, 0.3) is 0 Å². The van der Waals surface area contributed by atoms with Gasteiger partial charge in [-0.2, -0.15) is 0 Å². The Morgan fingerprint density at radius 2 is 2.00 bits per heavy atom. The van der Waals surface area contributed by atoms with Crippen LogP contribution in [0.3, 0.4) is 0 Å². The van der Waals surface area contributed by atoms with Gasteiger partial charge in [-0.25, -0.2) is 0 Å². The maximum atomic E-state index is 3.50. The largest absolute Gasteiger partial charge is 0.317 e. The molecule has 2 nitrogen and oxygen atoms in total. The first-order valence-corrected chi connectivity index (χ1v) is 7.12. The number of nitrogens with one attached hydrogen (secondary N) is 1. The van der Waals surface area contributed by atoms with E-state index in [2.05, 4.69) is 31.1 Å². The van der Waals surface area contributed by atoms with Crippen molar-refractivity contribution in [2.24, 2.45) is 11.8 Å². The van der Waals surface area contributed by atoms with Crippen LogP contribution in [0.15, 0.2) is 0 Å². The molecule has 1 heterocycles. The van der Waals surface area contributed by atoms with E-state index in [0.717, 1.165) is 23.9 Å². The van der Waals surface area contributed by atoms with Crippen LogP contribution in [-0.2, 0) is 0 Å². The van der Waals surface area contributed by atoms with E-state index in [1.54, 1.807) is 0 Å². The van der Waals surface area contributed by atoms with Crippen LogP contribution in [0.5, 0.6) is 0 Å². The minimum atomic E-state index is 0.784. The van der Waals surface area contributed by atoms with E-state index in [0.29, 0.717) is 0 Å². The average Bonchev–Trinajstić information content (AvgIpc) is 2.69. The third kappa shape index (κ3) is 2.78. The van der Waals surface area contributed by atoms with E-state index in [1.807, 2.05) is 0 Å². The fraction of sp³-hybridized carbons (Fsp3) is 1.00. The Morgan fingerprint density at radius 1 is 1.19 bits per heavy atom. The summed E-state index contributed by atoms with van der Waals surface area (Å²) in [6.45, 7) is 7.48. The molecule has 2 rings (SSSR count). The topological polar surface area (TPSA) is 15.3 Å². The zero-order valence-electron chi connectivity index (χ0n) is 11.2. The summed E-state index contributed by atoms with van der Waals surface area (Å²) < 4.78 is 0. The lowest BCUT2D eigenvalue weighted by molar-refractivity contribution is 0.105. The second-order valence-electron chi connectivity index (χ2n) is 6.06. The molecule has 1 saturated heterocycles. The number of hydrogen-bond acceptors (Lipinski definition) is 2. The normalized spacial score (nSPS) is 41.4. The van der Waals surface area contributed by atoms with Crippen molar-refractivity contribution < 1.29 is 0 Å². The van der Waals surface area contributed by atoms with Gasteiger partial charge in [-0.1, -0.05) is 13.3 Å². The molecule has 0 aromatic carbocycles. The molecule has 1 saturated carbocycles. The van der Waals surface area contributed by atoms with Gasteiger partial charge in [-0.15, -0.1) is 0 Å². The molecular formula is C14H28N2. The summed E-state index contributed by atoms with van der Waals surface area (Å²) >= 11 is 0. The van der Waals surface area contributed by atoms with Gasteiger partial charge >= 0.3 is 0 Å². The quantitative estimate of drug-likeness (QED) is 0.792. The molecule has 4 atom stereocenters. The number of hydrogen-bond donors (Lipinski definition) is 1. The van der Waals surface area contributed by atoms with E-state index >= 15 is 0 Å². The molecule has 0 aromatic rings. The molecule has 4 unspecified atom stereocenters. The standard InChI is InChI=1S/C14H28N2/c1-11-7-8-16(12(2)9-11)10-13-5-4-6-14(13)15-3/h11-15H,4-10H2,1-3H3. The number of likely N-dealkylation sites (tertiary alicyclic amines) is 1. The van der Waals surface area contributed by atoms with Gasteiger partial charge < -0.3 is 10.2 Å². The van der Waals surface area contributed by atoms with Gasteiger partial charge in [0.15, 0.2) is 0 Å². The molecule has 0 spiro atoms. The highest BCUT2D eigenvalue weighted by Crippen LogP contribution is 2.29. The van der Waals surface area contributed by atoms with Crippen LogP contribution >= 0.6 is 0 Å². The Labute approximate surface area is 101 Å². The smallest absolute Gasteiger partial charge is 0.0104 e. The third-order valence-corrected chi connectivity index (χ3v) is 4.77. The maximum absolute atomic E-state index is 3.50. The van der Waals surface area contributed by atoms with Gasteiger partial charge in [0, 0.05) is 18.6 Å². The third-order valence-electron chi connectivity index (χ3n) is 4.77. The molecule has 1 aliphatic heterocycles. The van der Waals surface area contributed by atoms with E-state index in [4.69, 9.17) is 0 Å². The van der Waals surface area contributed by atoms with Crippen molar-refractivity contribution in [2.45, 2.75) is 58.0 Å². The highest BCUT2D eigenvalue weighted by atomic mass is 15.2. The lowest BCUT2D eigenvalue weighted by atomic mass is 9.91. The van der Waals surface area contributed by atoms with E-state index in [9.17, 15) is 0 Å². The first kappa shape index (κ1) is 12.4. The van der Waals surface area contributed by atoms with Crippen molar-refractivity contribution in [3.63, 3.8) is 0 Å². The van der Waals surface area contributed by atoms with Crippen LogP contribution in [0, 0.1) is 11.8 Å². The van der Waals surface area contributed by atoms with Crippen LogP contribution < -0.4 is 5.32 Å². The molecule has 0 aromatic heterocycles. The van der Waals surface area contributed by atoms with Gasteiger partial charge in [0.25, 0.3) is 0 Å². The average molecular weight is 224 g/mol. The van der Waals surface area contributed by atoms with Crippen molar-refractivity contribution in [3.05, 3.63) is 0 Å². The fourth-order valence-electron chi connectivity index (χ4n) is 3.66. The molecule has 94 valence electrons. The van der Waals surface area contributed by atoms with Gasteiger partial charge in [-0.05, 0) is 58.0 Å². The zero-order chi connectivity index (χ0) is 11.5. The Kier molecular flexibility index (Phi) is 4.26. The molecule has 0 bridgehead atoms. The summed E-state index contributed by atoms with van der Waals surface area (Å²) in [4.78, 5) is 2.74. The monoisotopic (exact) mass is 224 g/mol. The second kappa shape index (κ2) is 5.50. The van der Waals surface area contributed by atoms with Crippen molar-refractivity contribution in [1.29, 1.82) is 0 Å². The molecule has 2 fully saturated rings. The second-order valence-corrected chi connectivity index (χ2v) is 6.06. The van der Waals surface area contributed by atoms with Crippen LogP contribution in [-0.4, -0.2) is 37.1 Å². The first-order valence-electron chi connectivity index (χ1n) is 7.12. The van der Waals surface area contributed by atoms with Crippen molar-refractivity contribution in [2.75, 3.05) is 20.1 Å². The highest BCUT2D eigenvalue weighted by molar-refractivity contribution is 4.87. The summed E-state index contributed by atoms with van der Waals surface area (Å²) in [5.74, 6) is 1.84. The maximum Gasteiger partial charge on any atom is 0.0104 e. The van der Waals surface area contributed by atoms with Gasteiger partial charge in [-0.3, -0.25) is 0 Å². The van der Waals surface area contributed by atoms with Crippen molar-refractivity contribution in [1.82, 2.24) is 10.2 Å². The van der Waals surface area contributed by atoms with Crippen LogP contribution in [0.2, 0.25) is 0 Å². The lowest BCUT2D eigenvalue weighted by Crippen LogP contribution is -2.45. The van der Waals surface area contributed by atoms with Crippen molar-refractivity contribution in [3.8, 4) is 0 Å². The summed E-state index contributed by atoms with van der Waals surface area (Å²) in [6, 6.07) is 1.59. The molecule has 0 amide bonds. The Hall–Kier alpha value is -0.0800. The molecule has 0 radical (unpaired) electrons. The van der Waals surface area contributed by atoms with Crippen LogP contribution in [0.1, 0.15) is 46.0 Å². The minimum Gasteiger partial charge on any atom is -0.317 e. The van der Waals surface area contributed by atoms with E-state index in [-0.39, 0.29) is 0 Å². The van der Waals surface area contributed by atoms with E-state index < -0.39 is 0 Å². The molecule has 1 N–H and O–H groups in total. The summed E-state index contributed by atoms with van der Waals surface area (Å²) in [5, 5.41) is 3.50. The molecule has 2 heteroatoms. The predicted octanol–water partition coefficient (Wildman–Crippen LogP) is 2.49. The first-order chi connectivity index (χ1) is 7.70. The number of rotatable bonds is 3. The SMILES string of the molecule is CNC1CCCC1CN1CCC(C)CC1C. The van der Waals surface area contributed by atoms with Crippen LogP contribution in [0.4, 0.5) is 0 Å². The molecular weight excluding hydrogens is 196 g/mol. The van der Waals surface area contributed by atoms with E-state index in [1.165, 1.54) is 45.2 Å². The lowest BCUT2D eigenvalue weighted by Gasteiger charge is -2.39. The fourth-order valence-corrected chi connectivity index (χ4v) is 3.66. The number of nitrogens with zero attached hydrogens (tertiary/aromatic N) is 1. The Morgan fingerprint density at radius 3 is 2.69 bits per heavy atom. The Balaban J connectivity index is 1.84. The van der Waals surface area contributed by atoms with Gasteiger partial charge in [0.05, 0.1) is 0 Å². The molecule has 16 heavy (non-hydrogen) atoms. The summed E-state index contributed by atoms with van der Waals surface area (Å²) in [7, 11) is 2.13.